The lowest BCUT2D eigenvalue weighted by atomic mass is 10.2. The standard InChI is InChI=1S/C10H14N4.C10H16N2.C9H12N4O.C9H11N3.C8H12N2O2.CH4/c1-6(2)14-5-11-9-7(3)12-8(4)13-10(9)14;1-7(2)12-6-8(3)9(4)11-10(12)5;1-5(2)13-4-10-7-8(13)11-6(3)12-9(7)14;1-6-8-4-5-12(3)9(8)11-7(2)10-6;1-5(2)10-4-6(3)7(11)9-8(10)12;/h5-6H,1-4H3;6-7H,5H2,1-4H3;4-5H,1-3H3,(H,11,12,14);4-5H,1-3H3;4-5H,1-3H3,(H,9,11,12);1H4. The van der Waals surface area contributed by atoms with Crippen molar-refractivity contribution in [2.75, 3.05) is 0 Å². The third-order valence-corrected chi connectivity index (χ3v) is 10.2. The van der Waals surface area contributed by atoms with Crippen molar-refractivity contribution in [3.8, 4) is 0 Å². The van der Waals surface area contributed by atoms with Gasteiger partial charge in [0.1, 0.15) is 34.5 Å². The predicted octanol–water partition coefficient (Wildman–Crippen LogP) is 8.23. The van der Waals surface area contributed by atoms with Gasteiger partial charge in [0, 0.05) is 66.5 Å². The molecule has 1 aliphatic heterocycles. The van der Waals surface area contributed by atoms with Crippen LogP contribution in [0, 0.1) is 41.5 Å². The van der Waals surface area contributed by atoms with E-state index in [-0.39, 0.29) is 36.3 Å². The van der Waals surface area contributed by atoms with Crippen molar-refractivity contribution in [1.29, 1.82) is 0 Å². The number of hydrogen-bond donors (Lipinski definition) is 2. The summed E-state index contributed by atoms with van der Waals surface area (Å²) in [7, 11) is 1.99. The summed E-state index contributed by atoms with van der Waals surface area (Å²) in [6.45, 7) is 35.5. The lowest BCUT2D eigenvalue weighted by Gasteiger charge is -2.28. The highest BCUT2D eigenvalue weighted by molar-refractivity contribution is 5.98. The number of aryl methyl sites for hydroxylation is 7. The topological polar surface area (TPSA) is 208 Å². The normalized spacial score (nSPS) is 12.3. The first kappa shape index (κ1) is 52.5. The second-order valence-electron chi connectivity index (χ2n) is 16.9. The number of rotatable bonds is 4. The molecular weight excluding hydrogens is 823 g/mol. The van der Waals surface area contributed by atoms with Crippen LogP contribution < -0.4 is 16.8 Å². The van der Waals surface area contributed by atoms with Gasteiger partial charge in [-0.2, -0.15) is 0 Å². The van der Waals surface area contributed by atoms with Crippen LogP contribution >= 0.6 is 0 Å². The van der Waals surface area contributed by atoms with E-state index < -0.39 is 0 Å². The average Bonchev–Trinajstić information content (AvgIpc) is 3.93. The maximum absolute atomic E-state index is 11.5. The summed E-state index contributed by atoms with van der Waals surface area (Å²) >= 11 is 0. The van der Waals surface area contributed by atoms with Crippen LogP contribution in [0.3, 0.4) is 0 Å². The molecule has 0 amide bonds. The minimum Gasteiger partial charge on any atom is -0.335 e. The number of allylic oxidation sites excluding steroid dienone is 1. The van der Waals surface area contributed by atoms with Crippen molar-refractivity contribution < 1.29 is 0 Å². The maximum Gasteiger partial charge on any atom is 0.328 e. The number of aliphatic imine (C=N–C) groups is 1. The van der Waals surface area contributed by atoms with E-state index in [9.17, 15) is 14.4 Å². The number of imidazole rings is 2. The number of hydrogen-bond acceptors (Lipinski definition) is 12. The van der Waals surface area contributed by atoms with Crippen molar-refractivity contribution in [1.82, 2.24) is 68.0 Å². The third-order valence-electron chi connectivity index (χ3n) is 10.2. The van der Waals surface area contributed by atoms with Crippen LogP contribution in [-0.2, 0) is 7.05 Å². The summed E-state index contributed by atoms with van der Waals surface area (Å²) in [4.78, 5) is 74.8. The van der Waals surface area contributed by atoms with Gasteiger partial charge in [-0.1, -0.05) is 14.0 Å². The first-order chi connectivity index (χ1) is 29.9. The summed E-state index contributed by atoms with van der Waals surface area (Å²) < 4.78 is 7.46. The van der Waals surface area contributed by atoms with Crippen molar-refractivity contribution in [2.45, 2.75) is 142 Å². The van der Waals surface area contributed by atoms with Gasteiger partial charge in [-0.05, 0) is 122 Å². The Morgan fingerprint density at radius 1 is 0.615 bits per heavy atom. The highest BCUT2D eigenvalue weighted by Gasteiger charge is 2.15. The van der Waals surface area contributed by atoms with E-state index in [0.717, 1.165) is 56.8 Å². The SMILES string of the molecule is C.C=C1N=C(C)C(C)=CN1C(C)C.Cc1cn(C(C)C)c(=O)[nH]c1=O.Cc1nc(C)c2ccn(C)c2n1.Cc1nc(C)c2ncn(C(C)C)c2n1.Cc1nc2c(ncn2C(C)C)c(=O)[nH]1. The predicted molar refractivity (Wildman–Crippen MR) is 263 cm³/mol. The maximum atomic E-state index is 11.5. The first-order valence-electron chi connectivity index (χ1n) is 21.3. The van der Waals surface area contributed by atoms with Crippen molar-refractivity contribution in [3.63, 3.8) is 0 Å². The van der Waals surface area contributed by atoms with Crippen LogP contribution in [0.5, 0.6) is 0 Å². The van der Waals surface area contributed by atoms with Gasteiger partial charge in [0.25, 0.3) is 11.1 Å². The van der Waals surface area contributed by atoms with Gasteiger partial charge >= 0.3 is 5.69 Å². The monoisotopic (exact) mass is 892 g/mol. The molecule has 350 valence electrons. The Kier molecular flexibility index (Phi) is 17.9. The van der Waals surface area contributed by atoms with Gasteiger partial charge in [0.15, 0.2) is 16.8 Å². The zero-order valence-electron chi connectivity index (χ0n) is 40.5. The average molecular weight is 892 g/mol. The number of H-pyrrole nitrogens is 2. The molecule has 7 aromatic heterocycles. The third kappa shape index (κ3) is 12.9. The molecule has 8 heterocycles. The van der Waals surface area contributed by atoms with Crippen LogP contribution in [0.1, 0.15) is 129 Å². The summed E-state index contributed by atoms with van der Waals surface area (Å²) in [5.74, 6) is 3.09. The van der Waals surface area contributed by atoms with E-state index in [2.05, 4.69) is 107 Å². The Balaban J connectivity index is 0.000000215. The minimum atomic E-state index is -0.347. The van der Waals surface area contributed by atoms with Gasteiger partial charge in [0.2, 0.25) is 0 Å². The van der Waals surface area contributed by atoms with Crippen LogP contribution in [0.15, 0.2) is 74.7 Å². The zero-order valence-corrected chi connectivity index (χ0v) is 40.5. The molecule has 0 fully saturated rings. The van der Waals surface area contributed by atoms with E-state index >= 15 is 0 Å². The quantitative estimate of drug-likeness (QED) is 0.172. The molecule has 0 atom stereocenters. The van der Waals surface area contributed by atoms with Crippen molar-refractivity contribution in [2.24, 2.45) is 12.0 Å². The van der Waals surface area contributed by atoms with E-state index in [4.69, 9.17) is 0 Å². The highest BCUT2D eigenvalue weighted by Crippen LogP contribution is 2.19. The molecule has 7 aromatic rings. The van der Waals surface area contributed by atoms with Gasteiger partial charge in [-0.25, -0.2) is 44.7 Å². The van der Waals surface area contributed by atoms with Crippen LogP contribution in [0.25, 0.3) is 33.4 Å². The number of aromatic nitrogens is 13. The minimum absolute atomic E-state index is 0. The number of nitrogens with zero attached hydrogens (tertiary/aromatic N) is 13. The molecule has 0 spiro atoms. The lowest BCUT2D eigenvalue weighted by molar-refractivity contribution is 0.377. The Bertz CT molecular complexity index is 3010. The Labute approximate surface area is 381 Å². The van der Waals surface area contributed by atoms with E-state index in [1.807, 2.05) is 97.1 Å². The Morgan fingerprint density at radius 3 is 1.69 bits per heavy atom. The van der Waals surface area contributed by atoms with Crippen LogP contribution in [0.4, 0.5) is 0 Å². The summed E-state index contributed by atoms with van der Waals surface area (Å²) in [6, 6.07) is 3.20. The molecule has 1 aliphatic rings. The van der Waals surface area contributed by atoms with E-state index in [0.29, 0.717) is 34.6 Å². The highest BCUT2D eigenvalue weighted by atomic mass is 16.2. The molecule has 2 N–H and O–H groups in total. The Hall–Kier alpha value is -6.85. The molecule has 0 saturated carbocycles. The summed E-state index contributed by atoms with van der Waals surface area (Å²) in [5, 5.41) is 1.14. The molecule has 8 rings (SSSR count). The molecule has 0 bridgehead atoms. The summed E-state index contributed by atoms with van der Waals surface area (Å²) in [6.07, 6.45) is 9.17. The molecule has 0 aromatic carbocycles. The Morgan fingerprint density at radius 2 is 1.14 bits per heavy atom. The van der Waals surface area contributed by atoms with Gasteiger partial charge in [-0.3, -0.25) is 19.1 Å². The van der Waals surface area contributed by atoms with Gasteiger partial charge in [0.05, 0.1) is 24.0 Å². The summed E-state index contributed by atoms with van der Waals surface area (Å²) in [5.41, 5.74) is 7.94. The van der Waals surface area contributed by atoms with E-state index in [1.54, 1.807) is 26.4 Å². The molecule has 18 heteroatoms. The molecule has 0 aliphatic carbocycles. The number of fused-ring (bicyclic) bond motifs is 3. The molecule has 0 unspecified atom stereocenters. The van der Waals surface area contributed by atoms with Crippen molar-refractivity contribution >= 4 is 39.1 Å². The van der Waals surface area contributed by atoms with Gasteiger partial charge < -0.3 is 23.6 Å². The molecular formula is C47H69N15O3. The largest absolute Gasteiger partial charge is 0.335 e. The van der Waals surface area contributed by atoms with Crippen LogP contribution in [-0.4, -0.2) is 79.8 Å². The zero-order chi connectivity index (χ0) is 47.9. The first-order valence-corrected chi connectivity index (χ1v) is 21.3. The molecule has 65 heavy (non-hydrogen) atoms. The van der Waals surface area contributed by atoms with Gasteiger partial charge in [-0.15, -0.1) is 0 Å². The second-order valence-corrected chi connectivity index (χ2v) is 16.9. The molecule has 0 saturated heterocycles. The van der Waals surface area contributed by atoms with Crippen molar-refractivity contribution in [3.05, 3.63) is 121 Å². The second kappa shape index (κ2) is 22.2. The molecule has 18 nitrogen and oxygen atoms in total. The molecule has 0 radical (unpaired) electrons. The fourth-order valence-electron chi connectivity index (χ4n) is 6.54. The fourth-order valence-corrected chi connectivity index (χ4v) is 6.54. The van der Waals surface area contributed by atoms with E-state index in [1.165, 1.54) is 10.1 Å². The smallest absolute Gasteiger partial charge is 0.328 e. The number of aromatic amines is 2. The number of nitrogens with one attached hydrogen (secondary N) is 2. The fraction of sp³-hybridized carbons (Fsp3) is 0.468. The van der Waals surface area contributed by atoms with Crippen LogP contribution in [0.2, 0.25) is 0 Å². The lowest BCUT2D eigenvalue weighted by Crippen LogP contribution is -2.31.